The molecule has 0 aliphatic carbocycles. The van der Waals surface area contributed by atoms with Crippen molar-refractivity contribution in [1.82, 2.24) is 10.2 Å². The number of hydrogen-bond donors (Lipinski definition) is 1. The lowest BCUT2D eigenvalue weighted by Gasteiger charge is -2.33. The third-order valence-electron chi connectivity index (χ3n) is 2.78. The molecule has 0 bridgehead atoms. The van der Waals surface area contributed by atoms with Crippen molar-refractivity contribution >= 4 is 5.91 Å². The summed E-state index contributed by atoms with van der Waals surface area (Å²) in [6, 6.07) is 0.297. The Morgan fingerprint density at radius 1 is 1.62 bits per heavy atom. The van der Waals surface area contributed by atoms with Gasteiger partial charge in [-0.2, -0.15) is 0 Å². The molecule has 4 nitrogen and oxygen atoms in total. The van der Waals surface area contributed by atoms with Crippen molar-refractivity contribution in [3.05, 3.63) is 0 Å². The highest BCUT2D eigenvalue weighted by Gasteiger charge is 2.33. The Kier molecular flexibility index (Phi) is 2.51. The van der Waals surface area contributed by atoms with E-state index in [4.69, 9.17) is 4.74 Å². The number of nitrogens with one attached hydrogen (secondary N) is 1. The molecule has 2 heterocycles. The number of hydrogen-bond acceptors (Lipinski definition) is 3. The van der Waals surface area contributed by atoms with Crippen LogP contribution in [0.4, 0.5) is 0 Å². The van der Waals surface area contributed by atoms with Gasteiger partial charge in [-0.1, -0.05) is 0 Å². The molecule has 0 radical (unpaired) electrons. The molecular weight excluding hydrogens is 168 g/mol. The van der Waals surface area contributed by atoms with Crippen LogP contribution in [0.15, 0.2) is 0 Å². The second-order valence-corrected chi connectivity index (χ2v) is 3.73. The second-order valence-electron chi connectivity index (χ2n) is 3.73. The highest BCUT2D eigenvalue weighted by Crippen LogP contribution is 2.17. The van der Waals surface area contributed by atoms with Crippen LogP contribution in [-0.2, 0) is 9.53 Å². The molecule has 2 fully saturated rings. The van der Waals surface area contributed by atoms with Crippen molar-refractivity contribution in [2.24, 2.45) is 0 Å². The van der Waals surface area contributed by atoms with Gasteiger partial charge in [0.05, 0.1) is 25.4 Å². The Morgan fingerprint density at radius 2 is 2.46 bits per heavy atom. The zero-order chi connectivity index (χ0) is 9.26. The third kappa shape index (κ3) is 1.69. The Balaban J connectivity index is 2.00. The number of carbonyl (C=O) groups excluding carboxylic acids is 1. The summed E-state index contributed by atoms with van der Waals surface area (Å²) in [7, 11) is 0. The number of amides is 1. The summed E-state index contributed by atoms with van der Waals surface area (Å²) in [6.45, 7) is 4.06. The van der Waals surface area contributed by atoms with Gasteiger partial charge in [0, 0.05) is 6.61 Å². The first-order chi connectivity index (χ1) is 6.29. The molecule has 2 unspecified atom stereocenters. The van der Waals surface area contributed by atoms with E-state index in [0.29, 0.717) is 19.2 Å². The molecule has 2 saturated heterocycles. The van der Waals surface area contributed by atoms with Gasteiger partial charge in [0.1, 0.15) is 0 Å². The molecule has 1 N–H and O–H groups in total. The molecule has 74 valence electrons. The van der Waals surface area contributed by atoms with E-state index in [1.807, 2.05) is 11.8 Å². The maximum absolute atomic E-state index is 11.5. The van der Waals surface area contributed by atoms with E-state index >= 15 is 0 Å². The van der Waals surface area contributed by atoms with Crippen LogP contribution < -0.4 is 5.32 Å². The first kappa shape index (κ1) is 8.97. The molecule has 2 aliphatic rings. The van der Waals surface area contributed by atoms with E-state index in [1.165, 1.54) is 0 Å². The summed E-state index contributed by atoms with van der Waals surface area (Å²) in [5, 5.41) is 3.14. The largest absolute Gasteiger partial charge is 0.379 e. The topological polar surface area (TPSA) is 41.6 Å². The minimum Gasteiger partial charge on any atom is -0.379 e. The number of rotatable bonds is 1. The average Bonchev–Trinajstić information content (AvgIpc) is 2.48. The zero-order valence-corrected chi connectivity index (χ0v) is 7.95. The van der Waals surface area contributed by atoms with Gasteiger partial charge in [-0.05, 0) is 19.8 Å². The maximum Gasteiger partial charge on any atom is 0.238 e. The number of carbonyl (C=O) groups is 1. The van der Waals surface area contributed by atoms with Crippen molar-refractivity contribution in [2.45, 2.75) is 32.0 Å². The monoisotopic (exact) mass is 184 g/mol. The van der Waals surface area contributed by atoms with Gasteiger partial charge in [0.25, 0.3) is 0 Å². The molecular formula is C9H16N2O2. The molecule has 1 amide bonds. The maximum atomic E-state index is 11.5. The summed E-state index contributed by atoms with van der Waals surface area (Å²) in [5.74, 6) is 0.211. The second kappa shape index (κ2) is 3.64. The van der Waals surface area contributed by atoms with E-state index in [9.17, 15) is 4.79 Å². The standard InChI is InChI=1S/C9H16N2O2/c1-7-10-5-9(12)11(7)8-3-2-4-13-6-8/h7-8,10H,2-6H2,1H3. The minimum atomic E-state index is 0.180. The van der Waals surface area contributed by atoms with Gasteiger partial charge in [0.2, 0.25) is 5.91 Å². The van der Waals surface area contributed by atoms with Crippen LogP contribution >= 0.6 is 0 Å². The number of nitrogens with zero attached hydrogens (tertiary/aromatic N) is 1. The van der Waals surface area contributed by atoms with Crippen LogP contribution in [0.1, 0.15) is 19.8 Å². The lowest BCUT2D eigenvalue weighted by Crippen LogP contribution is -2.46. The van der Waals surface area contributed by atoms with Gasteiger partial charge < -0.3 is 9.64 Å². The molecule has 0 aromatic rings. The number of ether oxygens (including phenoxy) is 1. The van der Waals surface area contributed by atoms with Crippen LogP contribution in [0.2, 0.25) is 0 Å². The fourth-order valence-corrected chi connectivity index (χ4v) is 2.10. The summed E-state index contributed by atoms with van der Waals surface area (Å²) < 4.78 is 5.37. The first-order valence-electron chi connectivity index (χ1n) is 4.91. The fourth-order valence-electron chi connectivity index (χ4n) is 2.10. The van der Waals surface area contributed by atoms with Crippen LogP contribution in [-0.4, -0.2) is 42.8 Å². The van der Waals surface area contributed by atoms with Crippen molar-refractivity contribution in [3.8, 4) is 0 Å². The predicted octanol–water partition coefficient (Wildman–Crippen LogP) is -0.0568. The van der Waals surface area contributed by atoms with E-state index in [1.54, 1.807) is 0 Å². The molecule has 4 heteroatoms. The van der Waals surface area contributed by atoms with Crippen LogP contribution in [0, 0.1) is 0 Å². The molecule has 2 atom stereocenters. The Bertz CT molecular complexity index is 202. The highest BCUT2D eigenvalue weighted by atomic mass is 16.5. The highest BCUT2D eigenvalue weighted by molar-refractivity contribution is 5.80. The summed E-state index contributed by atoms with van der Waals surface area (Å²) in [4.78, 5) is 13.4. The molecule has 13 heavy (non-hydrogen) atoms. The van der Waals surface area contributed by atoms with Gasteiger partial charge in [-0.15, -0.1) is 0 Å². The van der Waals surface area contributed by atoms with Crippen molar-refractivity contribution in [1.29, 1.82) is 0 Å². The Morgan fingerprint density at radius 3 is 3.00 bits per heavy atom. The zero-order valence-electron chi connectivity index (χ0n) is 7.95. The van der Waals surface area contributed by atoms with E-state index < -0.39 is 0 Å². The molecule has 2 aliphatic heterocycles. The summed E-state index contributed by atoms with van der Waals surface area (Å²) in [5.41, 5.74) is 0. The summed E-state index contributed by atoms with van der Waals surface area (Å²) in [6.07, 6.45) is 2.33. The SMILES string of the molecule is CC1NCC(=O)N1C1CCCOC1. The molecule has 0 spiro atoms. The van der Waals surface area contributed by atoms with Crippen molar-refractivity contribution in [3.63, 3.8) is 0 Å². The lowest BCUT2D eigenvalue weighted by atomic mass is 10.1. The van der Waals surface area contributed by atoms with Crippen LogP contribution in [0.3, 0.4) is 0 Å². The normalized spacial score (nSPS) is 35.5. The predicted molar refractivity (Wildman–Crippen MR) is 48.2 cm³/mol. The fraction of sp³-hybridized carbons (Fsp3) is 0.889. The quantitative estimate of drug-likeness (QED) is 0.621. The Labute approximate surface area is 78.2 Å². The molecule has 2 rings (SSSR count). The molecule has 0 aromatic heterocycles. The van der Waals surface area contributed by atoms with Crippen molar-refractivity contribution < 1.29 is 9.53 Å². The summed E-state index contributed by atoms with van der Waals surface area (Å²) >= 11 is 0. The van der Waals surface area contributed by atoms with Gasteiger partial charge in [-0.25, -0.2) is 0 Å². The van der Waals surface area contributed by atoms with Crippen LogP contribution in [0.25, 0.3) is 0 Å². The lowest BCUT2D eigenvalue weighted by molar-refractivity contribution is -0.132. The van der Waals surface area contributed by atoms with Gasteiger partial charge >= 0.3 is 0 Å². The van der Waals surface area contributed by atoms with Gasteiger partial charge in [-0.3, -0.25) is 10.1 Å². The molecule has 0 saturated carbocycles. The Hall–Kier alpha value is -0.610. The minimum absolute atomic E-state index is 0.180. The smallest absolute Gasteiger partial charge is 0.238 e. The van der Waals surface area contributed by atoms with Crippen LogP contribution in [0.5, 0.6) is 0 Å². The van der Waals surface area contributed by atoms with Gasteiger partial charge in [0.15, 0.2) is 0 Å². The van der Waals surface area contributed by atoms with Crippen molar-refractivity contribution in [2.75, 3.05) is 19.8 Å². The average molecular weight is 184 g/mol. The first-order valence-corrected chi connectivity index (χ1v) is 4.91. The van der Waals surface area contributed by atoms with E-state index in [2.05, 4.69) is 5.32 Å². The van der Waals surface area contributed by atoms with E-state index in [-0.39, 0.29) is 12.1 Å². The molecule has 0 aromatic carbocycles. The third-order valence-corrected chi connectivity index (χ3v) is 2.78. The van der Waals surface area contributed by atoms with E-state index in [0.717, 1.165) is 19.4 Å².